The minimum absolute atomic E-state index is 0.444. The average molecular weight is 265 g/mol. The van der Waals surface area contributed by atoms with Gasteiger partial charge in [0.25, 0.3) is 0 Å². The van der Waals surface area contributed by atoms with E-state index in [0.717, 1.165) is 11.4 Å². The summed E-state index contributed by atoms with van der Waals surface area (Å²) in [6.07, 6.45) is 1.54. The lowest BCUT2D eigenvalue weighted by Gasteiger charge is -2.11. The molecule has 0 atom stereocenters. The minimum Gasteiger partial charge on any atom is -0.495 e. The van der Waals surface area contributed by atoms with Crippen molar-refractivity contribution in [1.82, 2.24) is 9.97 Å². The molecule has 0 aliphatic carbocycles. The zero-order valence-corrected chi connectivity index (χ0v) is 10.8. The summed E-state index contributed by atoms with van der Waals surface area (Å²) >= 11 is 6.04. The molecule has 2 rings (SSSR count). The normalized spacial score (nSPS) is 9.94. The third-order valence-electron chi connectivity index (χ3n) is 2.33. The Bertz CT molecular complexity index is 547. The molecule has 0 aliphatic rings. The second kappa shape index (κ2) is 5.55. The van der Waals surface area contributed by atoms with Crippen LogP contribution in [0.5, 0.6) is 5.75 Å². The number of rotatable bonds is 4. The molecule has 1 aromatic heterocycles. The largest absolute Gasteiger partial charge is 0.495 e. The molecule has 2 aromatic rings. The number of aromatic nitrogens is 2. The highest BCUT2D eigenvalue weighted by Crippen LogP contribution is 2.29. The number of halogens is 1. The van der Waals surface area contributed by atoms with Gasteiger partial charge >= 0.3 is 0 Å². The standard InChI is InChI=1S/C12H13ClN4O/c1-14-12-15-7-8(13)11(17-12)16-9-5-3-4-6-10(9)18-2/h3-7H,1-2H3,(H2,14,15,16,17). The van der Waals surface area contributed by atoms with Crippen molar-refractivity contribution < 1.29 is 4.74 Å². The quantitative estimate of drug-likeness (QED) is 0.889. The van der Waals surface area contributed by atoms with Crippen molar-refractivity contribution in [1.29, 1.82) is 0 Å². The predicted molar refractivity (Wildman–Crippen MR) is 72.9 cm³/mol. The van der Waals surface area contributed by atoms with Gasteiger partial charge in [0.1, 0.15) is 10.8 Å². The molecule has 94 valence electrons. The van der Waals surface area contributed by atoms with Crippen molar-refractivity contribution in [3.8, 4) is 5.75 Å². The van der Waals surface area contributed by atoms with E-state index in [1.807, 2.05) is 24.3 Å². The number of methoxy groups -OCH3 is 1. The van der Waals surface area contributed by atoms with Crippen LogP contribution in [0.3, 0.4) is 0 Å². The van der Waals surface area contributed by atoms with Gasteiger partial charge in [-0.05, 0) is 12.1 Å². The van der Waals surface area contributed by atoms with Crippen LogP contribution >= 0.6 is 11.6 Å². The number of hydrogen-bond acceptors (Lipinski definition) is 5. The fourth-order valence-corrected chi connectivity index (χ4v) is 1.59. The molecular weight excluding hydrogens is 252 g/mol. The van der Waals surface area contributed by atoms with Gasteiger partial charge < -0.3 is 15.4 Å². The summed E-state index contributed by atoms with van der Waals surface area (Å²) in [4.78, 5) is 8.26. The van der Waals surface area contributed by atoms with Gasteiger partial charge in [-0.2, -0.15) is 4.98 Å². The van der Waals surface area contributed by atoms with Gasteiger partial charge in [0.2, 0.25) is 5.95 Å². The highest BCUT2D eigenvalue weighted by Gasteiger charge is 2.07. The monoisotopic (exact) mass is 264 g/mol. The van der Waals surface area contributed by atoms with E-state index in [1.165, 1.54) is 6.20 Å². The summed E-state index contributed by atoms with van der Waals surface area (Å²) in [6.45, 7) is 0. The lowest BCUT2D eigenvalue weighted by Crippen LogP contribution is -2.01. The molecule has 6 heteroatoms. The SMILES string of the molecule is CNc1ncc(Cl)c(Nc2ccccc2OC)n1. The molecule has 0 unspecified atom stereocenters. The van der Waals surface area contributed by atoms with E-state index in [4.69, 9.17) is 16.3 Å². The van der Waals surface area contributed by atoms with Crippen LogP contribution in [0.25, 0.3) is 0 Å². The Balaban J connectivity index is 2.33. The maximum absolute atomic E-state index is 6.04. The molecule has 0 spiro atoms. The summed E-state index contributed by atoms with van der Waals surface area (Å²) in [5.41, 5.74) is 0.794. The zero-order chi connectivity index (χ0) is 13.0. The van der Waals surface area contributed by atoms with Gasteiger partial charge in [0.15, 0.2) is 5.82 Å². The van der Waals surface area contributed by atoms with Gasteiger partial charge in [0, 0.05) is 7.05 Å². The van der Waals surface area contributed by atoms with Crippen LogP contribution in [0.4, 0.5) is 17.5 Å². The molecule has 18 heavy (non-hydrogen) atoms. The lowest BCUT2D eigenvalue weighted by molar-refractivity contribution is 0.417. The number of para-hydroxylation sites is 2. The van der Waals surface area contributed by atoms with Crippen molar-refractivity contribution in [2.75, 3.05) is 24.8 Å². The number of benzene rings is 1. The van der Waals surface area contributed by atoms with Gasteiger partial charge in [-0.1, -0.05) is 23.7 Å². The Morgan fingerprint density at radius 3 is 2.78 bits per heavy atom. The van der Waals surface area contributed by atoms with Crippen LogP contribution in [0.15, 0.2) is 30.5 Å². The van der Waals surface area contributed by atoms with Crippen molar-refractivity contribution >= 4 is 29.1 Å². The van der Waals surface area contributed by atoms with Crippen LogP contribution in [0, 0.1) is 0 Å². The molecule has 0 aliphatic heterocycles. The van der Waals surface area contributed by atoms with Crippen molar-refractivity contribution in [2.24, 2.45) is 0 Å². The number of ether oxygens (including phenoxy) is 1. The maximum atomic E-state index is 6.04. The fourth-order valence-electron chi connectivity index (χ4n) is 1.45. The van der Waals surface area contributed by atoms with Crippen molar-refractivity contribution in [3.05, 3.63) is 35.5 Å². The Kier molecular flexibility index (Phi) is 3.84. The fraction of sp³-hybridized carbons (Fsp3) is 0.167. The van der Waals surface area contributed by atoms with Gasteiger partial charge in [-0.3, -0.25) is 0 Å². The molecule has 0 fully saturated rings. The number of anilines is 3. The average Bonchev–Trinajstić information content (AvgIpc) is 2.42. The molecule has 0 saturated heterocycles. The predicted octanol–water partition coefficient (Wildman–Crippen LogP) is 2.92. The maximum Gasteiger partial charge on any atom is 0.224 e. The second-order valence-electron chi connectivity index (χ2n) is 3.47. The third-order valence-corrected chi connectivity index (χ3v) is 2.60. The highest BCUT2D eigenvalue weighted by atomic mass is 35.5. The first-order valence-electron chi connectivity index (χ1n) is 5.35. The summed E-state index contributed by atoms with van der Waals surface area (Å²) in [5.74, 6) is 1.75. The number of nitrogens with zero attached hydrogens (tertiary/aromatic N) is 2. The van der Waals surface area contributed by atoms with Crippen LogP contribution < -0.4 is 15.4 Å². The van der Waals surface area contributed by atoms with E-state index in [2.05, 4.69) is 20.6 Å². The van der Waals surface area contributed by atoms with E-state index >= 15 is 0 Å². The van der Waals surface area contributed by atoms with E-state index < -0.39 is 0 Å². The summed E-state index contributed by atoms with van der Waals surface area (Å²) in [7, 11) is 3.36. The van der Waals surface area contributed by atoms with Crippen LogP contribution in [0.2, 0.25) is 5.02 Å². The molecule has 0 bridgehead atoms. The first-order chi connectivity index (χ1) is 8.74. The second-order valence-corrected chi connectivity index (χ2v) is 3.87. The molecular formula is C12H13ClN4O. The van der Waals surface area contributed by atoms with Crippen LogP contribution in [-0.4, -0.2) is 24.1 Å². The molecule has 2 N–H and O–H groups in total. The number of hydrogen-bond donors (Lipinski definition) is 2. The van der Waals surface area contributed by atoms with E-state index in [9.17, 15) is 0 Å². The molecule has 0 radical (unpaired) electrons. The number of nitrogens with one attached hydrogen (secondary N) is 2. The first-order valence-corrected chi connectivity index (χ1v) is 5.72. The highest BCUT2D eigenvalue weighted by molar-refractivity contribution is 6.32. The van der Waals surface area contributed by atoms with Gasteiger partial charge in [0.05, 0.1) is 19.0 Å². The van der Waals surface area contributed by atoms with Gasteiger partial charge in [-0.15, -0.1) is 0 Å². The zero-order valence-electron chi connectivity index (χ0n) is 10.1. The minimum atomic E-state index is 0.444. The summed E-state index contributed by atoms with van der Waals surface area (Å²) < 4.78 is 5.25. The Hall–Kier alpha value is -2.01. The van der Waals surface area contributed by atoms with E-state index in [1.54, 1.807) is 14.2 Å². The lowest BCUT2D eigenvalue weighted by atomic mass is 10.3. The Morgan fingerprint density at radius 1 is 1.28 bits per heavy atom. The summed E-state index contributed by atoms with van der Waals surface area (Å²) in [5, 5.41) is 6.42. The Labute approximate surface area is 110 Å². The van der Waals surface area contributed by atoms with Crippen LogP contribution in [0.1, 0.15) is 0 Å². The molecule has 1 heterocycles. The third kappa shape index (κ3) is 2.62. The summed E-state index contributed by atoms with van der Waals surface area (Å²) in [6, 6.07) is 7.54. The van der Waals surface area contributed by atoms with Crippen LogP contribution in [-0.2, 0) is 0 Å². The first kappa shape index (κ1) is 12.4. The van der Waals surface area contributed by atoms with E-state index in [-0.39, 0.29) is 0 Å². The van der Waals surface area contributed by atoms with Gasteiger partial charge in [-0.25, -0.2) is 4.98 Å². The smallest absolute Gasteiger partial charge is 0.224 e. The van der Waals surface area contributed by atoms with E-state index in [0.29, 0.717) is 16.8 Å². The topological polar surface area (TPSA) is 59.1 Å². The molecule has 1 aromatic carbocycles. The molecule has 0 amide bonds. The molecule has 0 saturated carbocycles. The molecule has 5 nitrogen and oxygen atoms in total. The van der Waals surface area contributed by atoms with Crippen molar-refractivity contribution in [2.45, 2.75) is 0 Å². The Morgan fingerprint density at radius 2 is 2.06 bits per heavy atom. The van der Waals surface area contributed by atoms with Crippen molar-refractivity contribution in [3.63, 3.8) is 0 Å².